The van der Waals surface area contributed by atoms with E-state index < -0.39 is 0 Å². The van der Waals surface area contributed by atoms with E-state index >= 15 is 0 Å². The molecular formula is C9H7BrN4. The van der Waals surface area contributed by atoms with Crippen molar-refractivity contribution in [3.05, 3.63) is 35.2 Å². The normalized spacial score (nSPS) is 10.1. The van der Waals surface area contributed by atoms with Crippen LogP contribution >= 0.6 is 15.9 Å². The third kappa shape index (κ3) is 1.88. The van der Waals surface area contributed by atoms with Crippen molar-refractivity contribution in [2.45, 2.75) is 0 Å². The first kappa shape index (κ1) is 9.08. The fourth-order valence-electron chi connectivity index (χ4n) is 1.02. The molecule has 70 valence electrons. The third-order valence-corrected chi connectivity index (χ3v) is 2.16. The van der Waals surface area contributed by atoms with E-state index in [-0.39, 0.29) is 5.95 Å². The number of hydrogen-bond acceptors (Lipinski definition) is 4. The second-order valence-electron chi connectivity index (χ2n) is 2.69. The SMILES string of the molecule is Nc1ncc(-c2ccc(Br)cn2)cn1. The van der Waals surface area contributed by atoms with E-state index in [0.29, 0.717) is 0 Å². The van der Waals surface area contributed by atoms with Gasteiger partial charge in [-0.15, -0.1) is 0 Å². The molecule has 0 saturated heterocycles. The number of rotatable bonds is 1. The van der Waals surface area contributed by atoms with Crippen LogP contribution in [0.4, 0.5) is 5.95 Å². The molecule has 5 heteroatoms. The van der Waals surface area contributed by atoms with Gasteiger partial charge in [0, 0.05) is 28.6 Å². The quantitative estimate of drug-likeness (QED) is 0.840. The molecule has 0 bridgehead atoms. The first-order chi connectivity index (χ1) is 6.75. The summed E-state index contributed by atoms with van der Waals surface area (Å²) in [5, 5.41) is 0. The van der Waals surface area contributed by atoms with Gasteiger partial charge in [0.05, 0.1) is 5.69 Å². The third-order valence-electron chi connectivity index (χ3n) is 1.69. The van der Waals surface area contributed by atoms with E-state index in [1.165, 1.54) is 0 Å². The molecule has 2 aromatic rings. The van der Waals surface area contributed by atoms with Crippen LogP contribution in [-0.4, -0.2) is 15.0 Å². The van der Waals surface area contributed by atoms with Gasteiger partial charge in [0.25, 0.3) is 0 Å². The largest absolute Gasteiger partial charge is 0.368 e. The van der Waals surface area contributed by atoms with E-state index in [4.69, 9.17) is 5.73 Å². The summed E-state index contributed by atoms with van der Waals surface area (Å²) in [4.78, 5) is 12.0. The Balaban J connectivity index is 2.40. The molecule has 2 heterocycles. The van der Waals surface area contributed by atoms with Gasteiger partial charge in [0.1, 0.15) is 0 Å². The number of aromatic nitrogens is 3. The Morgan fingerprint density at radius 3 is 2.29 bits per heavy atom. The summed E-state index contributed by atoms with van der Waals surface area (Å²) < 4.78 is 0.942. The Morgan fingerprint density at radius 2 is 1.71 bits per heavy atom. The van der Waals surface area contributed by atoms with Crippen molar-refractivity contribution < 1.29 is 0 Å². The summed E-state index contributed by atoms with van der Waals surface area (Å²) in [5.41, 5.74) is 7.06. The van der Waals surface area contributed by atoms with Crippen LogP contribution in [0.5, 0.6) is 0 Å². The molecule has 0 amide bonds. The van der Waals surface area contributed by atoms with Crippen molar-refractivity contribution in [2.24, 2.45) is 0 Å². The number of anilines is 1. The zero-order valence-electron chi connectivity index (χ0n) is 7.18. The van der Waals surface area contributed by atoms with Gasteiger partial charge in [-0.2, -0.15) is 0 Å². The van der Waals surface area contributed by atoms with Crippen molar-refractivity contribution in [2.75, 3.05) is 5.73 Å². The van der Waals surface area contributed by atoms with Crippen LogP contribution in [0, 0.1) is 0 Å². The van der Waals surface area contributed by atoms with Crippen molar-refractivity contribution in [1.82, 2.24) is 15.0 Å². The molecule has 0 unspecified atom stereocenters. The predicted molar refractivity (Wildman–Crippen MR) is 57.4 cm³/mol. The molecule has 4 nitrogen and oxygen atoms in total. The molecule has 0 fully saturated rings. The van der Waals surface area contributed by atoms with Crippen LogP contribution in [0.2, 0.25) is 0 Å². The molecule has 2 rings (SSSR count). The lowest BCUT2D eigenvalue weighted by molar-refractivity contribution is 1.17. The van der Waals surface area contributed by atoms with Crippen LogP contribution in [-0.2, 0) is 0 Å². The number of nitrogen functional groups attached to an aromatic ring is 1. The molecule has 0 radical (unpaired) electrons. The number of nitrogens with zero attached hydrogens (tertiary/aromatic N) is 3. The Morgan fingerprint density at radius 1 is 1.00 bits per heavy atom. The Hall–Kier alpha value is -1.49. The van der Waals surface area contributed by atoms with Crippen LogP contribution in [0.25, 0.3) is 11.3 Å². The summed E-state index contributed by atoms with van der Waals surface area (Å²) in [6, 6.07) is 3.80. The molecule has 2 aromatic heterocycles. The summed E-state index contributed by atoms with van der Waals surface area (Å²) in [6.07, 6.45) is 5.03. The summed E-state index contributed by atoms with van der Waals surface area (Å²) in [6.45, 7) is 0. The van der Waals surface area contributed by atoms with Gasteiger partial charge in [-0.1, -0.05) is 0 Å². The van der Waals surface area contributed by atoms with Gasteiger partial charge in [-0.25, -0.2) is 9.97 Å². The summed E-state index contributed by atoms with van der Waals surface area (Å²) >= 11 is 3.32. The van der Waals surface area contributed by atoms with Gasteiger partial charge in [0.2, 0.25) is 5.95 Å². The number of halogens is 1. The highest BCUT2D eigenvalue weighted by Crippen LogP contribution is 2.17. The highest BCUT2D eigenvalue weighted by Gasteiger charge is 1.99. The maximum absolute atomic E-state index is 5.38. The molecule has 0 spiro atoms. The van der Waals surface area contributed by atoms with Crippen molar-refractivity contribution >= 4 is 21.9 Å². The topological polar surface area (TPSA) is 64.7 Å². The molecule has 0 saturated carbocycles. The average Bonchev–Trinajstić information content (AvgIpc) is 2.21. The molecule has 0 aliphatic rings. The van der Waals surface area contributed by atoms with Crippen molar-refractivity contribution in [1.29, 1.82) is 0 Å². The van der Waals surface area contributed by atoms with Gasteiger partial charge < -0.3 is 5.73 Å². The fraction of sp³-hybridized carbons (Fsp3) is 0. The van der Waals surface area contributed by atoms with E-state index in [1.54, 1.807) is 18.6 Å². The van der Waals surface area contributed by atoms with E-state index in [1.807, 2.05) is 12.1 Å². The average molecular weight is 251 g/mol. The Labute approximate surface area is 89.4 Å². The summed E-state index contributed by atoms with van der Waals surface area (Å²) in [7, 11) is 0. The van der Waals surface area contributed by atoms with Gasteiger partial charge in [-0.3, -0.25) is 4.98 Å². The number of pyridine rings is 1. The molecule has 0 aromatic carbocycles. The lowest BCUT2D eigenvalue weighted by atomic mass is 10.2. The van der Waals surface area contributed by atoms with Crippen LogP contribution in [0.1, 0.15) is 0 Å². The standard InChI is InChI=1S/C9H7BrN4/c10-7-1-2-8(12-5-7)6-3-13-9(11)14-4-6/h1-5H,(H2,11,13,14). The first-order valence-electron chi connectivity index (χ1n) is 3.95. The minimum absolute atomic E-state index is 0.269. The van der Waals surface area contributed by atoms with Crippen LogP contribution in [0.3, 0.4) is 0 Å². The zero-order valence-corrected chi connectivity index (χ0v) is 8.77. The minimum atomic E-state index is 0.269. The molecule has 0 aliphatic carbocycles. The van der Waals surface area contributed by atoms with Gasteiger partial charge in [0.15, 0.2) is 0 Å². The van der Waals surface area contributed by atoms with E-state index in [2.05, 4.69) is 30.9 Å². The lowest BCUT2D eigenvalue weighted by Crippen LogP contribution is -1.94. The van der Waals surface area contributed by atoms with Crippen LogP contribution < -0.4 is 5.73 Å². The highest BCUT2D eigenvalue weighted by molar-refractivity contribution is 9.10. The minimum Gasteiger partial charge on any atom is -0.368 e. The maximum atomic E-state index is 5.38. The highest BCUT2D eigenvalue weighted by atomic mass is 79.9. The Kier molecular flexibility index (Phi) is 2.41. The first-order valence-corrected chi connectivity index (χ1v) is 4.74. The zero-order chi connectivity index (χ0) is 9.97. The Bertz CT molecular complexity index is 380. The monoisotopic (exact) mass is 250 g/mol. The van der Waals surface area contributed by atoms with Crippen molar-refractivity contribution in [3.63, 3.8) is 0 Å². The molecule has 2 N–H and O–H groups in total. The second-order valence-corrected chi connectivity index (χ2v) is 3.61. The van der Waals surface area contributed by atoms with Crippen molar-refractivity contribution in [3.8, 4) is 11.3 Å². The summed E-state index contributed by atoms with van der Waals surface area (Å²) in [5.74, 6) is 0.269. The van der Waals surface area contributed by atoms with E-state index in [0.717, 1.165) is 15.7 Å². The molecular weight excluding hydrogens is 244 g/mol. The number of hydrogen-bond donors (Lipinski definition) is 1. The van der Waals surface area contributed by atoms with Gasteiger partial charge in [-0.05, 0) is 28.1 Å². The molecule has 0 atom stereocenters. The fourth-order valence-corrected chi connectivity index (χ4v) is 1.25. The van der Waals surface area contributed by atoms with Gasteiger partial charge >= 0.3 is 0 Å². The molecule has 14 heavy (non-hydrogen) atoms. The second kappa shape index (κ2) is 3.71. The smallest absolute Gasteiger partial charge is 0.219 e. The van der Waals surface area contributed by atoms with E-state index in [9.17, 15) is 0 Å². The molecule has 0 aliphatic heterocycles. The van der Waals surface area contributed by atoms with Crippen LogP contribution in [0.15, 0.2) is 35.2 Å². The lowest BCUT2D eigenvalue weighted by Gasteiger charge is -1.99. The number of nitrogens with two attached hydrogens (primary N) is 1. The maximum Gasteiger partial charge on any atom is 0.219 e. The predicted octanol–water partition coefficient (Wildman–Crippen LogP) is 1.88.